The van der Waals surface area contributed by atoms with Crippen LogP contribution < -0.4 is 0 Å². The fourth-order valence-electron chi connectivity index (χ4n) is 8.93. The van der Waals surface area contributed by atoms with Crippen molar-refractivity contribution < 1.29 is 4.42 Å². The van der Waals surface area contributed by atoms with Gasteiger partial charge in [-0.3, -0.25) is 0 Å². The number of hydrogen-bond donors (Lipinski definition) is 0. The van der Waals surface area contributed by atoms with E-state index < -0.39 is 0 Å². The Bertz CT molecular complexity index is 3550. The molecule has 0 aliphatic carbocycles. The number of hydrogen-bond acceptors (Lipinski definition) is 4. The highest BCUT2D eigenvalue weighted by molar-refractivity contribution is 7.25. The summed E-state index contributed by atoms with van der Waals surface area (Å²) < 4.78 is 9.36. The molecule has 9 aromatic carbocycles. The lowest BCUT2D eigenvalue weighted by molar-refractivity contribution is 0.670. The van der Waals surface area contributed by atoms with Crippen LogP contribution in [0.1, 0.15) is 0 Å². The highest BCUT2D eigenvalue weighted by Gasteiger charge is 2.20. The molecule has 3 nitrogen and oxygen atoms in total. The Morgan fingerprint density at radius 2 is 0.855 bits per heavy atom. The van der Waals surface area contributed by atoms with E-state index in [0.29, 0.717) is 5.82 Å². The van der Waals surface area contributed by atoms with Crippen LogP contribution >= 0.6 is 11.3 Å². The molecule has 0 aliphatic rings. The van der Waals surface area contributed by atoms with Gasteiger partial charge < -0.3 is 4.42 Å². The van der Waals surface area contributed by atoms with Crippen molar-refractivity contribution in [2.75, 3.05) is 0 Å². The van der Waals surface area contributed by atoms with Crippen LogP contribution in [0.5, 0.6) is 0 Å². The number of aromatic nitrogens is 2. The zero-order chi connectivity index (χ0) is 41.0. The summed E-state index contributed by atoms with van der Waals surface area (Å²) in [6.07, 6.45) is 0. The number of furan rings is 1. The standard InChI is InChI=1S/C58H36N2OS/c1-4-15-37(16-5-1)42-33-43(38-17-6-2-7-18-38)35-44(34-42)58-59-50(40-19-8-3-9-20-40)36-51(60-58)41-29-27-39(28-30-41)45-31-32-47(57-56(45)48-21-10-12-24-52(48)61-57)46-23-14-26-54-55(46)49-22-11-13-25-53(49)62-54/h1-36H. The third kappa shape index (κ3) is 6.28. The first kappa shape index (κ1) is 36.0. The van der Waals surface area contributed by atoms with E-state index in [1.165, 1.54) is 25.7 Å². The molecule has 0 radical (unpaired) electrons. The average Bonchev–Trinajstić information content (AvgIpc) is 3.94. The number of rotatable bonds is 7. The van der Waals surface area contributed by atoms with Crippen LogP contribution in [-0.2, 0) is 0 Å². The van der Waals surface area contributed by atoms with Crippen molar-refractivity contribution in [1.29, 1.82) is 0 Å². The predicted molar refractivity (Wildman–Crippen MR) is 260 cm³/mol. The van der Waals surface area contributed by atoms with Crippen molar-refractivity contribution in [2.45, 2.75) is 0 Å². The minimum atomic E-state index is 0.677. The van der Waals surface area contributed by atoms with Crippen molar-refractivity contribution in [1.82, 2.24) is 9.97 Å². The molecule has 0 saturated carbocycles. The molecular weight excluding hydrogens is 773 g/mol. The smallest absolute Gasteiger partial charge is 0.160 e. The number of fused-ring (bicyclic) bond motifs is 6. The van der Waals surface area contributed by atoms with Gasteiger partial charge in [0.15, 0.2) is 5.82 Å². The van der Waals surface area contributed by atoms with E-state index in [9.17, 15) is 0 Å². The zero-order valence-electron chi connectivity index (χ0n) is 33.5. The van der Waals surface area contributed by atoms with Gasteiger partial charge in [0.1, 0.15) is 11.2 Å². The minimum absolute atomic E-state index is 0.677. The van der Waals surface area contributed by atoms with Gasteiger partial charge in [0, 0.05) is 53.2 Å². The summed E-state index contributed by atoms with van der Waals surface area (Å²) in [5.74, 6) is 0.677. The van der Waals surface area contributed by atoms with Crippen LogP contribution in [-0.4, -0.2) is 9.97 Å². The van der Waals surface area contributed by atoms with Crippen LogP contribution in [0.15, 0.2) is 223 Å². The maximum Gasteiger partial charge on any atom is 0.160 e. The zero-order valence-corrected chi connectivity index (χ0v) is 34.3. The van der Waals surface area contributed by atoms with Gasteiger partial charge in [-0.1, -0.05) is 170 Å². The SMILES string of the molecule is c1ccc(-c2cc(-c3ccccc3)cc(-c3nc(-c4ccccc4)cc(-c4ccc(-c5ccc(-c6cccc7sc8ccccc8c67)c6oc7ccccc7c56)cc4)n3)c2)cc1. The Labute approximate surface area is 362 Å². The predicted octanol–water partition coefficient (Wildman–Crippen LogP) is 16.4. The van der Waals surface area contributed by atoms with Gasteiger partial charge in [0.2, 0.25) is 0 Å². The first-order chi connectivity index (χ1) is 30.7. The first-order valence-corrected chi connectivity index (χ1v) is 21.7. The molecule has 4 heteroatoms. The molecular formula is C58H36N2OS. The fourth-order valence-corrected chi connectivity index (χ4v) is 10.1. The summed E-state index contributed by atoms with van der Waals surface area (Å²) in [4.78, 5) is 10.6. The van der Waals surface area contributed by atoms with Crippen LogP contribution in [0.2, 0.25) is 0 Å². The monoisotopic (exact) mass is 808 g/mol. The molecule has 0 aliphatic heterocycles. The molecule has 0 spiro atoms. The van der Waals surface area contributed by atoms with Crippen molar-refractivity contribution in [3.63, 3.8) is 0 Å². The Morgan fingerprint density at radius 3 is 1.55 bits per heavy atom. The van der Waals surface area contributed by atoms with Crippen LogP contribution in [0.25, 0.3) is 121 Å². The summed E-state index contributed by atoms with van der Waals surface area (Å²) in [5, 5.41) is 4.77. The van der Waals surface area contributed by atoms with E-state index in [1.54, 1.807) is 0 Å². The molecule has 0 amide bonds. The molecule has 0 N–H and O–H groups in total. The molecule has 0 atom stereocenters. The number of benzene rings is 9. The van der Waals surface area contributed by atoms with E-state index in [-0.39, 0.29) is 0 Å². The van der Waals surface area contributed by atoms with E-state index in [0.717, 1.165) is 89.0 Å². The minimum Gasteiger partial charge on any atom is -0.455 e. The van der Waals surface area contributed by atoms with Crippen LogP contribution in [0.3, 0.4) is 0 Å². The summed E-state index contributed by atoms with van der Waals surface area (Å²) in [6.45, 7) is 0. The van der Waals surface area contributed by atoms with Gasteiger partial charge in [0.25, 0.3) is 0 Å². The fraction of sp³-hybridized carbons (Fsp3) is 0. The van der Waals surface area contributed by atoms with Crippen LogP contribution in [0.4, 0.5) is 0 Å². The lowest BCUT2D eigenvalue weighted by Crippen LogP contribution is -1.97. The second-order valence-electron chi connectivity index (χ2n) is 15.7. The summed E-state index contributed by atoms with van der Waals surface area (Å²) in [5.41, 5.74) is 15.6. The molecule has 290 valence electrons. The summed E-state index contributed by atoms with van der Waals surface area (Å²) >= 11 is 1.84. The Kier molecular flexibility index (Phi) is 8.68. The molecule has 0 fully saturated rings. The lowest BCUT2D eigenvalue weighted by atomic mass is 9.92. The largest absolute Gasteiger partial charge is 0.455 e. The molecule has 3 aromatic heterocycles. The van der Waals surface area contributed by atoms with Crippen molar-refractivity contribution >= 4 is 53.4 Å². The molecule has 3 heterocycles. The van der Waals surface area contributed by atoms with E-state index in [4.69, 9.17) is 14.4 Å². The second kappa shape index (κ2) is 15.0. The molecule has 0 unspecified atom stereocenters. The van der Waals surface area contributed by atoms with Crippen molar-refractivity contribution in [3.05, 3.63) is 218 Å². The third-order valence-corrected chi connectivity index (χ3v) is 13.0. The van der Waals surface area contributed by atoms with E-state index in [1.807, 2.05) is 23.5 Å². The normalized spacial score (nSPS) is 11.5. The third-order valence-electron chi connectivity index (χ3n) is 11.9. The number of para-hydroxylation sites is 1. The van der Waals surface area contributed by atoms with Gasteiger partial charge in [-0.25, -0.2) is 9.97 Å². The first-order valence-electron chi connectivity index (χ1n) is 20.9. The Hall–Kier alpha value is -7.92. The molecule has 12 aromatic rings. The molecule has 0 saturated heterocycles. The molecule has 62 heavy (non-hydrogen) atoms. The van der Waals surface area contributed by atoms with Crippen molar-refractivity contribution in [2.24, 2.45) is 0 Å². The van der Waals surface area contributed by atoms with Crippen LogP contribution in [0, 0.1) is 0 Å². The average molecular weight is 809 g/mol. The van der Waals surface area contributed by atoms with Gasteiger partial charge >= 0.3 is 0 Å². The number of nitrogens with zero attached hydrogens (tertiary/aromatic N) is 2. The maximum atomic E-state index is 6.80. The quantitative estimate of drug-likeness (QED) is 0.161. The Morgan fingerprint density at radius 1 is 0.323 bits per heavy atom. The second-order valence-corrected chi connectivity index (χ2v) is 16.8. The van der Waals surface area contributed by atoms with Crippen molar-refractivity contribution in [3.8, 4) is 78.4 Å². The van der Waals surface area contributed by atoms with Gasteiger partial charge in [-0.15, -0.1) is 11.3 Å². The highest BCUT2D eigenvalue weighted by Crippen LogP contribution is 2.46. The Balaban J connectivity index is 0.998. The summed E-state index contributed by atoms with van der Waals surface area (Å²) in [6, 6.07) is 77.2. The molecule has 0 bridgehead atoms. The van der Waals surface area contributed by atoms with Gasteiger partial charge in [0.05, 0.1) is 11.4 Å². The van der Waals surface area contributed by atoms with Gasteiger partial charge in [-0.2, -0.15) is 0 Å². The highest BCUT2D eigenvalue weighted by atomic mass is 32.1. The maximum absolute atomic E-state index is 6.80. The number of thiophene rings is 1. The molecule has 12 rings (SSSR count). The van der Waals surface area contributed by atoms with Gasteiger partial charge in [-0.05, 0) is 87.5 Å². The van der Waals surface area contributed by atoms with E-state index in [2.05, 4.69) is 206 Å². The summed E-state index contributed by atoms with van der Waals surface area (Å²) in [7, 11) is 0. The van der Waals surface area contributed by atoms with E-state index >= 15 is 0 Å². The topological polar surface area (TPSA) is 38.9 Å². The lowest BCUT2D eigenvalue weighted by Gasteiger charge is -2.13.